The van der Waals surface area contributed by atoms with Crippen LogP contribution >= 0.6 is 0 Å². The zero-order chi connectivity index (χ0) is 29.4. The number of rotatable bonds is 4. The molecule has 1 aliphatic rings. The summed E-state index contributed by atoms with van der Waals surface area (Å²) in [7, 11) is 0. The first kappa shape index (κ1) is 24.6. The third-order valence-corrected chi connectivity index (χ3v) is 8.86. The SMILES string of the molecule is C=CC1=C(C=C)N(c2ccccc2)c2cccc3nc(-n4c5ccc6ccccc6c5c5c6ccccc6ccc54)nc1c23. The van der Waals surface area contributed by atoms with Crippen LogP contribution in [0.15, 0.2) is 152 Å². The molecule has 0 spiro atoms. The van der Waals surface area contributed by atoms with E-state index in [-0.39, 0.29) is 0 Å². The Labute approximate surface area is 254 Å². The van der Waals surface area contributed by atoms with Gasteiger partial charge >= 0.3 is 0 Å². The summed E-state index contributed by atoms with van der Waals surface area (Å²) in [6, 6.07) is 42.6. The monoisotopic (exact) mass is 562 g/mol. The summed E-state index contributed by atoms with van der Waals surface area (Å²) in [6.07, 6.45) is 3.79. The zero-order valence-corrected chi connectivity index (χ0v) is 23.9. The topological polar surface area (TPSA) is 34.0 Å². The van der Waals surface area contributed by atoms with Gasteiger partial charge in [0.05, 0.1) is 39.0 Å². The van der Waals surface area contributed by atoms with Crippen LogP contribution in [0.25, 0.3) is 65.8 Å². The molecule has 3 heterocycles. The predicted octanol–water partition coefficient (Wildman–Crippen LogP) is 10.3. The van der Waals surface area contributed by atoms with E-state index in [1.807, 2.05) is 18.2 Å². The second-order valence-corrected chi connectivity index (χ2v) is 11.1. The van der Waals surface area contributed by atoms with Gasteiger partial charge in [-0.2, -0.15) is 0 Å². The molecule has 8 aromatic rings. The minimum absolute atomic E-state index is 0.631. The number of fused-ring (bicyclic) bond motifs is 7. The fourth-order valence-electron chi connectivity index (χ4n) is 7.03. The molecule has 0 aliphatic carbocycles. The van der Waals surface area contributed by atoms with Gasteiger partial charge in [0, 0.05) is 22.0 Å². The lowest BCUT2D eigenvalue weighted by Crippen LogP contribution is -2.21. The first-order valence-corrected chi connectivity index (χ1v) is 14.8. The molecule has 0 saturated carbocycles. The van der Waals surface area contributed by atoms with Gasteiger partial charge in [-0.1, -0.05) is 104 Å². The quantitative estimate of drug-likeness (QED) is 0.214. The molecule has 0 saturated heterocycles. The predicted molar refractivity (Wildman–Crippen MR) is 185 cm³/mol. The molecule has 44 heavy (non-hydrogen) atoms. The van der Waals surface area contributed by atoms with Crippen molar-refractivity contribution in [2.45, 2.75) is 0 Å². The first-order chi connectivity index (χ1) is 21.8. The van der Waals surface area contributed by atoms with E-state index in [9.17, 15) is 0 Å². The molecule has 4 heteroatoms. The number of anilines is 2. The summed E-state index contributed by atoms with van der Waals surface area (Å²) >= 11 is 0. The number of hydrogen-bond donors (Lipinski definition) is 0. The summed E-state index contributed by atoms with van der Waals surface area (Å²) in [5, 5.41) is 8.27. The maximum atomic E-state index is 5.36. The Kier molecular flexibility index (Phi) is 5.17. The number of para-hydroxylation sites is 1. The Morgan fingerprint density at radius 1 is 0.545 bits per heavy atom. The normalized spacial score (nSPS) is 13.0. The average Bonchev–Trinajstić information content (AvgIpc) is 3.44. The molecule has 4 nitrogen and oxygen atoms in total. The second-order valence-electron chi connectivity index (χ2n) is 11.1. The van der Waals surface area contributed by atoms with E-state index in [0.29, 0.717) is 5.95 Å². The van der Waals surface area contributed by atoms with Crippen molar-refractivity contribution in [2.24, 2.45) is 0 Å². The van der Waals surface area contributed by atoms with Crippen molar-refractivity contribution < 1.29 is 0 Å². The molecule has 0 N–H and O–H groups in total. The maximum absolute atomic E-state index is 5.36. The lowest BCUT2D eigenvalue weighted by atomic mass is 9.96. The van der Waals surface area contributed by atoms with Crippen LogP contribution in [0.5, 0.6) is 0 Å². The fraction of sp³-hybridized carbons (Fsp3) is 0. The molecule has 0 amide bonds. The highest BCUT2D eigenvalue weighted by Gasteiger charge is 2.29. The fourth-order valence-corrected chi connectivity index (χ4v) is 7.03. The van der Waals surface area contributed by atoms with E-state index in [1.165, 1.54) is 32.3 Å². The van der Waals surface area contributed by atoms with Crippen LogP contribution in [-0.2, 0) is 0 Å². The van der Waals surface area contributed by atoms with Crippen LogP contribution in [0.1, 0.15) is 5.69 Å². The Morgan fingerprint density at radius 2 is 1.18 bits per heavy atom. The molecular formula is C40H26N4. The number of benzene rings is 6. The molecule has 0 atom stereocenters. The van der Waals surface area contributed by atoms with Crippen molar-refractivity contribution in [3.8, 4) is 5.95 Å². The minimum atomic E-state index is 0.631. The Bertz CT molecular complexity index is 2440. The van der Waals surface area contributed by atoms with Crippen LogP contribution in [0.2, 0.25) is 0 Å². The highest BCUT2D eigenvalue weighted by Crippen LogP contribution is 2.46. The van der Waals surface area contributed by atoms with Crippen molar-refractivity contribution in [1.82, 2.24) is 14.5 Å². The lowest BCUT2D eigenvalue weighted by molar-refractivity contribution is 0.998. The van der Waals surface area contributed by atoms with E-state index < -0.39 is 0 Å². The van der Waals surface area contributed by atoms with Gasteiger partial charge in [-0.05, 0) is 64.0 Å². The molecule has 0 fully saturated rings. The van der Waals surface area contributed by atoms with Crippen LogP contribution in [0, 0.1) is 0 Å². The molecule has 2 aromatic heterocycles. The van der Waals surface area contributed by atoms with E-state index in [0.717, 1.165) is 50.3 Å². The first-order valence-electron chi connectivity index (χ1n) is 14.8. The van der Waals surface area contributed by atoms with Gasteiger partial charge in [-0.15, -0.1) is 0 Å². The van der Waals surface area contributed by atoms with E-state index >= 15 is 0 Å². The summed E-state index contributed by atoms with van der Waals surface area (Å²) in [6.45, 7) is 8.44. The Hall–Kier alpha value is -6.00. The van der Waals surface area contributed by atoms with Gasteiger partial charge in [-0.25, -0.2) is 9.97 Å². The van der Waals surface area contributed by atoms with Crippen LogP contribution in [0.4, 0.5) is 11.4 Å². The number of allylic oxidation sites excluding steroid dienone is 3. The third-order valence-electron chi connectivity index (χ3n) is 8.86. The van der Waals surface area contributed by atoms with Gasteiger partial charge in [-0.3, -0.25) is 4.57 Å². The summed E-state index contributed by atoms with van der Waals surface area (Å²) in [4.78, 5) is 12.9. The molecule has 1 aliphatic heterocycles. The molecule has 0 radical (unpaired) electrons. The number of nitrogens with zero attached hydrogens (tertiary/aromatic N) is 4. The summed E-state index contributed by atoms with van der Waals surface area (Å²) in [5.74, 6) is 0.631. The van der Waals surface area contributed by atoms with Gasteiger partial charge < -0.3 is 4.90 Å². The van der Waals surface area contributed by atoms with Crippen molar-refractivity contribution in [3.63, 3.8) is 0 Å². The highest BCUT2D eigenvalue weighted by atomic mass is 15.2. The van der Waals surface area contributed by atoms with Crippen molar-refractivity contribution in [3.05, 3.63) is 158 Å². The molecule has 6 aromatic carbocycles. The third kappa shape index (κ3) is 3.28. The van der Waals surface area contributed by atoms with Crippen LogP contribution in [0.3, 0.4) is 0 Å². The molecule has 0 bridgehead atoms. The largest absolute Gasteiger partial charge is 0.309 e. The van der Waals surface area contributed by atoms with Crippen LogP contribution in [-0.4, -0.2) is 14.5 Å². The molecular weight excluding hydrogens is 536 g/mol. The van der Waals surface area contributed by atoms with E-state index in [4.69, 9.17) is 9.97 Å². The van der Waals surface area contributed by atoms with E-state index in [2.05, 4.69) is 138 Å². The lowest BCUT2D eigenvalue weighted by Gasteiger charge is -2.33. The zero-order valence-electron chi connectivity index (χ0n) is 23.9. The minimum Gasteiger partial charge on any atom is -0.309 e. The number of hydrogen-bond acceptors (Lipinski definition) is 3. The number of aromatic nitrogens is 3. The Morgan fingerprint density at radius 3 is 1.82 bits per heavy atom. The van der Waals surface area contributed by atoms with Crippen molar-refractivity contribution in [2.75, 3.05) is 4.90 Å². The van der Waals surface area contributed by atoms with E-state index in [1.54, 1.807) is 0 Å². The van der Waals surface area contributed by atoms with Crippen molar-refractivity contribution in [1.29, 1.82) is 0 Å². The van der Waals surface area contributed by atoms with Gasteiger partial charge in [0.25, 0.3) is 0 Å². The summed E-state index contributed by atoms with van der Waals surface area (Å²) in [5.41, 5.74) is 7.82. The van der Waals surface area contributed by atoms with Crippen molar-refractivity contribution >= 4 is 71.2 Å². The summed E-state index contributed by atoms with van der Waals surface area (Å²) < 4.78 is 2.23. The van der Waals surface area contributed by atoms with Crippen LogP contribution < -0.4 is 4.90 Å². The van der Waals surface area contributed by atoms with Gasteiger partial charge in [0.2, 0.25) is 5.95 Å². The molecule has 0 unspecified atom stereocenters. The smallest absolute Gasteiger partial charge is 0.235 e. The Balaban J connectivity index is 1.43. The molecule has 206 valence electrons. The standard InChI is InChI=1S/C40H26N4/c1-3-28-32(4-2)43(27-15-6-5-7-16-27)33-20-12-19-31-38(33)39(28)42-40(41-31)44-34-23-21-25-13-8-10-17-29(25)36(34)37-30-18-11-9-14-26(30)22-24-35(37)44/h3-24H,1-2H2. The van der Waals surface area contributed by atoms with Gasteiger partial charge in [0.15, 0.2) is 0 Å². The van der Waals surface area contributed by atoms with Gasteiger partial charge in [0.1, 0.15) is 0 Å². The molecule has 9 rings (SSSR count). The highest BCUT2D eigenvalue weighted by molar-refractivity contribution is 6.28. The second kappa shape index (κ2) is 9.25. The average molecular weight is 563 g/mol. The maximum Gasteiger partial charge on any atom is 0.235 e.